The van der Waals surface area contributed by atoms with Crippen molar-refractivity contribution in [3.63, 3.8) is 0 Å². The Kier molecular flexibility index (Phi) is 8.05. The van der Waals surface area contributed by atoms with E-state index in [0.717, 1.165) is 29.0 Å². The van der Waals surface area contributed by atoms with E-state index in [0.29, 0.717) is 33.8 Å². The number of thiazole rings is 1. The van der Waals surface area contributed by atoms with Crippen LogP contribution in [0, 0.1) is 0 Å². The third-order valence-electron chi connectivity index (χ3n) is 5.69. The zero-order chi connectivity index (χ0) is 25.7. The van der Waals surface area contributed by atoms with Gasteiger partial charge in [-0.15, -0.1) is 0 Å². The summed E-state index contributed by atoms with van der Waals surface area (Å²) >= 11 is 1.29. The SMILES string of the molecule is CCCOc1ccccc1/C=c1\sc2n(c1=O)[C@@H](c1ccc(OCC)cc1)C(C(=O)OCC)=C(C)N=2. The molecule has 0 amide bonds. The van der Waals surface area contributed by atoms with Crippen molar-refractivity contribution >= 4 is 23.4 Å². The summed E-state index contributed by atoms with van der Waals surface area (Å²) in [7, 11) is 0. The molecule has 0 saturated heterocycles. The number of benzene rings is 2. The number of fused-ring (bicyclic) bond motifs is 1. The van der Waals surface area contributed by atoms with Gasteiger partial charge in [-0.25, -0.2) is 9.79 Å². The molecule has 1 aliphatic rings. The van der Waals surface area contributed by atoms with Crippen LogP contribution in [0.1, 0.15) is 51.3 Å². The molecule has 7 nitrogen and oxygen atoms in total. The van der Waals surface area contributed by atoms with Crippen molar-refractivity contribution in [2.45, 2.75) is 40.2 Å². The van der Waals surface area contributed by atoms with E-state index in [2.05, 4.69) is 4.99 Å². The maximum Gasteiger partial charge on any atom is 0.338 e. The van der Waals surface area contributed by atoms with Crippen molar-refractivity contribution in [2.75, 3.05) is 19.8 Å². The predicted molar refractivity (Wildman–Crippen MR) is 140 cm³/mol. The molecule has 0 bridgehead atoms. The van der Waals surface area contributed by atoms with Crippen LogP contribution in [0.5, 0.6) is 11.5 Å². The molecule has 0 N–H and O–H groups in total. The van der Waals surface area contributed by atoms with Crippen LogP contribution in [0.2, 0.25) is 0 Å². The van der Waals surface area contributed by atoms with Crippen molar-refractivity contribution in [1.82, 2.24) is 4.57 Å². The fourth-order valence-electron chi connectivity index (χ4n) is 4.10. The van der Waals surface area contributed by atoms with Crippen LogP contribution in [0.4, 0.5) is 0 Å². The zero-order valence-electron chi connectivity index (χ0n) is 20.9. The van der Waals surface area contributed by atoms with Crippen LogP contribution in [-0.2, 0) is 9.53 Å². The molecule has 0 spiro atoms. The van der Waals surface area contributed by atoms with E-state index >= 15 is 0 Å². The normalized spacial score (nSPS) is 15.3. The first kappa shape index (κ1) is 25.4. The summed E-state index contributed by atoms with van der Waals surface area (Å²) in [6.45, 7) is 8.86. The highest BCUT2D eigenvalue weighted by Gasteiger charge is 2.33. The largest absolute Gasteiger partial charge is 0.494 e. The van der Waals surface area contributed by atoms with Crippen molar-refractivity contribution in [3.8, 4) is 11.5 Å². The quantitative estimate of drug-likeness (QED) is 0.410. The third-order valence-corrected chi connectivity index (χ3v) is 6.67. The number of carbonyl (C=O) groups is 1. The number of nitrogens with zero attached hydrogens (tertiary/aromatic N) is 2. The summed E-state index contributed by atoms with van der Waals surface area (Å²) in [6, 6.07) is 14.4. The molecule has 3 aromatic rings. The first-order chi connectivity index (χ1) is 17.5. The van der Waals surface area contributed by atoms with Crippen LogP contribution < -0.4 is 24.4 Å². The van der Waals surface area contributed by atoms with E-state index in [-0.39, 0.29) is 12.2 Å². The Bertz CT molecular complexity index is 1450. The Morgan fingerprint density at radius 2 is 1.81 bits per heavy atom. The summed E-state index contributed by atoms with van der Waals surface area (Å²) in [5, 5.41) is 0. The highest BCUT2D eigenvalue weighted by Crippen LogP contribution is 2.31. The molecule has 8 heteroatoms. The van der Waals surface area contributed by atoms with Crippen molar-refractivity contribution in [3.05, 3.63) is 90.6 Å². The molecule has 2 heterocycles. The van der Waals surface area contributed by atoms with E-state index in [4.69, 9.17) is 14.2 Å². The number of carbonyl (C=O) groups excluding carboxylic acids is 1. The number of allylic oxidation sites excluding steroid dienone is 1. The van der Waals surface area contributed by atoms with Gasteiger partial charge in [0.05, 0.1) is 41.7 Å². The standard InChI is InChI=1S/C28H30N2O5S/c1-5-16-35-22-11-9-8-10-20(22)17-23-26(31)30-25(19-12-14-21(15-13-19)33-6-2)24(27(32)34-7-3)18(4)29-28(30)36-23/h8-15,17,25H,5-7,16H2,1-4H3/b23-17-/t25-/m0/s1. The number of hydrogen-bond donors (Lipinski definition) is 0. The average molecular weight is 507 g/mol. The second kappa shape index (κ2) is 11.4. The van der Waals surface area contributed by atoms with Gasteiger partial charge >= 0.3 is 5.97 Å². The van der Waals surface area contributed by atoms with Gasteiger partial charge in [0.25, 0.3) is 5.56 Å². The Morgan fingerprint density at radius 3 is 2.50 bits per heavy atom. The second-order valence-electron chi connectivity index (χ2n) is 8.19. The van der Waals surface area contributed by atoms with E-state index < -0.39 is 12.0 Å². The Balaban J connectivity index is 1.89. The fraction of sp³-hybridized carbons (Fsp3) is 0.321. The Hall–Kier alpha value is -3.65. The van der Waals surface area contributed by atoms with Crippen LogP contribution >= 0.6 is 11.3 Å². The minimum absolute atomic E-state index is 0.225. The van der Waals surface area contributed by atoms with E-state index in [9.17, 15) is 9.59 Å². The first-order valence-corrected chi connectivity index (χ1v) is 12.9. The minimum Gasteiger partial charge on any atom is -0.494 e. The average Bonchev–Trinajstić information content (AvgIpc) is 3.17. The lowest BCUT2D eigenvalue weighted by atomic mass is 9.96. The van der Waals surface area contributed by atoms with Crippen molar-refractivity contribution < 1.29 is 19.0 Å². The topological polar surface area (TPSA) is 79.1 Å². The summed E-state index contributed by atoms with van der Waals surface area (Å²) in [6.07, 6.45) is 2.71. The highest BCUT2D eigenvalue weighted by molar-refractivity contribution is 7.07. The molecule has 0 saturated carbocycles. The molecular weight excluding hydrogens is 476 g/mol. The van der Waals surface area contributed by atoms with Gasteiger partial charge in [0.2, 0.25) is 0 Å². The van der Waals surface area contributed by atoms with Gasteiger partial charge in [-0.3, -0.25) is 9.36 Å². The summed E-state index contributed by atoms with van der Waals surface area (Å²) in [5.74, 6) is 0.956. The molecular formula is C28H30N2O5S. The van der Waals surface area contributed by atoms with E-state index in [1.54, 1.807) is 18.4 Å². The Morgan fingerprint density at radius 1 is 1.06 bits per heavy atom. The molecule has 0 unspecified atom stereocenters. The van der Waals surface area contributed by atoms with Gasteiger partial charge in [-0.1, -0.05) is 48.6 Å². The monoisotopic (exact) mass is 506 g/mol. The van der Waals surface area contributed by atoms with Crippen LogP contribution in [0.3, 0.4) is 0 Å². The summed E-state index contributed by atoms with van der Waals surface area (Å²) in [5.41, 5.74) is 2.25. The molecule has 36 heavy (non-hydrogen) atoms. The smallest absolute Gasteiger partial charge is 0.338 e. The van der Waals surface area contributed by atoms with Crippen LogP contribution in [-0.4, -0.2) is 30.4 Å². The predicted octanol–water partition coefficient (Wildman–Crippen LogP) is 3.99. The maximum atomic E-state index is 13.8. The maximum absolute atomic E-state index is 13.8. The number of ether oxygens (including phenoxy) is 3. The molecule has 0 radical (unpaired) electrons. The molecule has 2 aromatic carbocycles. The molecule has 1 atom stereocenters. The molecule has 0 aliphatic carbocycles. The molecule has 1 aliphatic heterocycles. The fourth-order valence-corrected chi connectivity index (χ4v) is 5.14. The lowest BCUT2D eigenvalue weighted by Crippen LogP contribution is -2.39. The van der Waals surface area contributed by atoms with Gasteiger partial charge < -0.3 is 14.2 Å². The van der Waals surface area contributed by atoms with Crippen LogP contribution in [0.25, 0.3) is 6.08 Å². The lowest BCUT2D eigenvalue weighted by Gasteiger charge is -2.24. The summed E-state index contributed by atoms with van der Waals surface area (Å²) < 4.78 is 18.9. The zero-order valence-corrected chi connectivity index (χ0v) is 21.8. The molecule has 188 valence electrons. The number of aromatic nitrogens is 1. The van der Waals surface area contributed by atoms with Crippen molar-refractivity contribution in [1.29, 1.82) is 0 Å². The second-order valence-corrected chi connectivity index (χ2v) is 9.20. The van der Waals surface area contributed by atoms with Crippen molar-refractivity contribution in [2.24, 2.45) is 4.99 Å². The van der Waals surface area contributed by atoms with Gasteiger partial charge in [0, 0.05) is 5.56 Å². The van der Waals surface area contributed by atoms with E-state index in [1.165, 1.54) is 11.3 Å². The molecule has 1 aromatic heterocycles. The Labute approximate surface area is 214 Å². The van der Waals surface area contributed by atoms with Crippen LogP contribution in [0.15, 0.2) is 69.6 Å². The molecule has 4 rings (SSSR count). The lowest BCUT2D eigenvalue weighted by molar-refractivity contribution is -0.139. The van der Waals surface area contributed by atoms with Gasteiger partial charge in [-0.05, 0) is 57.0 Å². The van der Waals surface area contributed by atoms with Gasteiger partial charge in [0.1, 0.15) is 11.5 Å². The number of para-hydroxylation sites is 1. The van der Waals surface area contributed by atoms with Gasteiger partial charge in [-0.2, -0.15) is 0 Å². The molecule has 0 fully saturated rings. The number of hydrogen-bond acceptors (Lipinski definition) is 7. The number of esters is 1. The first-order valence-electron chi connectivity index (χ1n) is 12.1. The number of rotatable bonds is 9. The van der Waals surface area contributed by atoms with Gasteiger partial charge in [0.15, 0.2) is 4.80 Å². The summed E-state index contributed by atoms with van der Waals surface area (Å²) in [4.78, 5) is 32.0. The third kappa shape index (κ3) is 5.14. The van der Waals surface area contributed by atoms with E-state index in [1.807, 2.05) is 68.5 Å². The highest BCUT2D eigenvalue weighted by atomic mass is 32.1. The minimum atomic E-state index is -0.662.